The third-order valence-corrected chi connectivity index (χ3v) is 7.00. The zero-order chi connectivity index (χ0) is 24.2. The molecule has 0 saturated heterocycles. The smallest absolute Gasteiger partial charge is 0.260 e. The van der Waals surface area contributed by atoms with Crippen LogP contribution in [0.25, 0.3) is 10.2 Å². The largest absolute Gasteiger partial charge is 0.457 e. The Morgan fingerprint density at radius 1 is 0.943 bits per heavy atom. The van der Waals surface area contributed by atoms with E-state index in [1.54, 1.807) is 17.0 Å². The number of rotatable bonds is 9. The number of carbonyl (C=O) groups excluding carboxylic acids is 1. The van der Waals surface area contributed by atoms with Gasteiger partial charge in [0, 0.05) is 30.8 Å². The number of thiazole rings is 1. The molecule has 0 N–H and O–H groups in total. The van der Waals surface area contributed by atoms with Gasteiger partial charge in [0.1, 0.15) is 11.5 Å². The Labute approximate surface area is 208 Å². The van der Waals surface area contributed by atoms with Gasteiger partial charge in [0.15, 0.2) is 16.6 Å². The van der Waals surface area contributed by atoms with Crippen LogP contribution in [0.1, 0.15) is 24.2 Å². The Balaban J connectivity index is 1.41. The number of hydrogen-bond acceptors (Lipinski definition) is 7. The number of aromatic nitrogens is 1. The lowest BCUT2D eigenvalue weighted by Crippen LogP contribution is -2.38. The van der Waals surface area contributed by atoms with Crippen molar-refractivity contribution < 1.29 is 19.0 Å². The summed E-state index contributed by atoms with van der Waals surface area (Å²) >= 11 is 1.48. The molecule has 7 nitrogen and oxygen atoms in total. The number of anilines is 1. The highest BCUT2D eigenvalue weighted by Crippen LogP contribution is 2.40. The molecule has 1 aliphatic rings. The van der Waals surface area contributed by atoms with Gasteiger partial charge in [-0.15, -0.1) is 0 Å². The van der Waals surface area contributed by atoms with Crippen LogP contribution >= 0.6 is 11.3 Å². The van der Waals surface area contributed by atoms with Crippen LogP contribution in [0.2, 0.25) is 0 Å². The standard InChI is InChI=1S/C27H27N3O4S/c1-3-29(4-2)14-15-30(27-28-22-16-23-24(33-18-32-23)17-25(22)35-27)26(31)19-10-12-21(13-11-19)34-20-8-6-5-7-9-20/h5-13,16-17H,3-4,14-15,18H2,1-2H3. The fourth-order valence-corrected chi connectivity index (χ4v) is 4.93. The molecule has 0 atom stereocenters. The number of nitrogens with zero attached hydrogens (tertiary/aromatic N) is 3. The third-order valence-electron chi connectivity index (χ3n) is 5.96. The van der Waals surface area contributed by atoms with Crippen LogP contribution in [0.3, 0.4) is 0 Å². The van der Waals surface area contributed by atoms with Crippen LogP contribution in [0.5, 0.6) is 23.0 Å². The molecule has 5 rings (SSSR count). The number of amides is 1. The molecule has 0 radical (unpaired) electrons. The first kappa shape index (κ1) is 23.1. The predicted molar refractivity (Wildman–Crippen MR) is 138 cm³/mol. The summed E-state index contributed by atoms with van der Waals surface area (Å²) in [6, 6.07) is 20.6. The molecule has 0 unspecified atom stereocenters. The van der Waals surface area contributed by atoms with Crippen LogP contribution in [0.4, 0.5) is 5.13 Å². The molecule has 180 valence electrons. The van der Waals surface area contributed by atoms with Crippen LogP contribution < -0.4 is 19.1 Å². The van der Waals surface area contributed by atoms with Gasteiger partial charge in [-0.3, -0.25) is 9.69 Å². The lowest BCUT2D eigenvalue weighted by molar-refractivity contribution is 0.0983. The van der Waals surface area contributed by atoms with E-state index in [0.717, 1.165) is 35.6 Å². The van der Waals surface area contributed by atoms with E-state index in [1.165, 1.54) is 11.3 Å². The minimum absolute atomic E-state index is 0.0949. The van der Waals surface area contributed by atoms with Crippen LogP contribution in [-0.4, -0.2) is 48.8 Å². The first-order chi connectivity index (χ1) is 17.1. The molecule has 0 saturated carbocycles. The highest BCUT2D eigenvalue weighted by atomic mass is 32.1. The number of carbonyl (C=O) groups is 1. The third kappa shape index (κ3) is 5.08. The fraction of sp³-hybridized carbons (Fsp3) is 0.259. The van der Waals surface area contributed by atoms with Gasteiger partial charge in [0.25, 0.3) is 5.91 Å². The van der Waals surface area contributed by atoms with Crippen molar-refractivity contribution in [2.75, 3.05) is 37.9 Å². The van der Waals surface area contributed by atoms with E-state index in [9.17, 15) is 4.79 Å². The average molecular weight is 490 g/mol. The minimum Gasteiger partial charge on any atom is -0.457 e. The summed E-state index contributed by atoms with van der Waals surface area (Å²) < 4.78 is 17.8. The van der Waals surface area contributed by atoms with Gasteiger partial charge in [-0.25, -0.2) is 4.98 Å². The maximum Gasteiger partial charge on any atom is 0.260 e. The molecule has 1 aliphatic heterocycles. The molecule has 0 bridgehead atoms. The number of ether oxygens (including phenoxy) is 3. The van der Waals surface area contributed by atoms with Crippen molar-refractivity contribution in [1.29, 1.82) is 0 Å². The summed E-state index contributed by atoms with van der Waals surface area (Å²) in [5.41, 5.74) is 1.37. The Morgan fingerprint density at radius 2 is 1.63 bits per heavy atom. The second-order valence-electron chi connectivity index (χ2n) is 8.09. The van der Waals surface area contributed by atoms with Gasteiger partial charge in [0.05, 0.1) is 10.2 Å². The highest BCUT2D eigenvalue weighted by Gasteiger charge is 2.24. The van der Waals surface area contributed by atoms with Gasteiger partial charge in [-0.1, -0.05) is 43.4 Å². The normalized spacial score (nSPS) is 12.3. The van der Waals surface area contributed by atoms with Gasteiger partial charge in [-0.2, -0.15) is 0 Å². The topological polar surface area (TPSA) is 64.1 Å². The van der Waals surface area contributed by atoms with Crippen LogP contribution in [-0.2, 0) is 0 Å². The van der Waals surface area contributed by atoms with Crippen molar-refractivity contribution in [1.82, 2.24) is 9.88 Å². The Bertz CT molecular complexity index is 1260. The maximum absolute atomic E-state index is 13.7. The number of para-hydroxylation sites is 1. The van der Waals surface area contributed by atoms with E-state index in [2.05, 4.69) is 18.7 Å². The van der Waals surface area contributed by atoms with Gasteiger partial charge >= 0.3 is 0 Å². The predicted octanol–water partition coefficient (Wildman–Crippen LogP) is 5.81. The second-order valence-corrected chi connectivity index (χ2v) is 9.10. The molecule has 4 aromatic rings. The zero-order valence-electron chi connectivity index (χ0n) is 19.8. The van der Waals surface area contributed by atoms with Crippen molar-refractivity contribution in [3.8, 4) is 23.0 Å². The van der Waals surface area contributed by atoms with Gasteiger partial charge in [-0.05, 0) is 49.5 Å². The summed E-state index contributed by atoms with van der Waals surface area (Å²) in [7, 11) is 0. The van der Waals surface area contributed by atoms with E-state index in [1.807, 2.05) is 54.6 Å². The van der Waals surface area contributed by atoms with Crippen molar-refractivity contribution in [2.45, 2.75) is 13.8 Å². The SMILES string of the molecule is CCN(CC)CCN(C(=O)c1ccc(Oc2ccccc2)cc1)c1nc2cc3c(cc2s1)OCO3. The quantitative estimate of drug-likeness (QED) is 0.296. The Kier molecular flexibility index (Phi) is 6.83. The van der Waals surface area contributed by atoms with Crippen LogP contribution in [0, 0.1) is 0 Å². The van der Waals surface area contributed by atoms with Gasteiger partial charge in [0.2, 0.25) is 6.79 Å². The van der Waals surface area contributed by atoms with Crippen molar-refractivity contribution >= 4 is 32.6 Å². The van der Waals surface area contributed by atoms with E-state index in [4.69, 9.17) is 19.2 Å². The van der Waals surface area contributed by atoms with E-state index in [0.29, 0.717) is 34.5 Å². The summed E-state index contributed by atoms with van der Waals surface area (Å²) in [6.07, 6.45) is 0. The van der Waals surface area contributed by atoms with Gasteiger partial charge < -0.3 is 19.1 Å². The molecule has 1 amide bonds. The molecule has 3 aromatic carbocycles. The summed E-state index contributed by atoms with van der Waals surface area (Å²) in [5, 5.41) is 0.658. The minimum atomic E-state index is -0.0949. The number of fused-ring (bicyclic) bond motifs is 2. The van der Waals surface area contributed by atoms with E-state index in [-0.39, 0.29) is 12.7 Å². The van der Waals surface area contributed by atoms with Crippen molar-refractivity contribution in [2.24, 2.45) is 0 Å². The van der Waals surface area contributed by atoms with E-state index < -0.39 is 0 Å². The molecule has 1 aromatic heterocycles. The molecule has 35 heavy (non-hydrogen) atoms. The first-order valence-electron chi connectivity index (χ1n) is 11.7. The van der Waals surface area contributed by atoms with Crippen LogP contribution in [0.15, 0.2) is 66.7 Å². The lowest BCUT2D eigenvalue weighted by Gasteiger charge is -2.24. The van der Waals surface area contributed by atoms with E-state index >= 15 is 0 Å². The zero-order valence-corrected chi connectivity index (χ0v) is 20.6. The summed E-state index contributed by atoms with van der Waals surface area (Å²) in [5.74, 6) is 2.73. The number of likely N-dealkylation sites (N-methyl/N-ethyl adjacent to an activating group) is 1. The molecule has 0 spiro atoms. The molecule has 2 heterocycles. The van der Waals surface area contributed by atoms with Crippen molar-refractivity contribution in [3.63, 3.8) is 0 Å². The molecule has 8 heteroatoms. The highest BCUT2D eigenvalue weighted by molar-refractivity contribution is 7.22. The Morgan fingerprint density at radius 3 is 2.34 bits per heavy atom. The fourth-order valence-electron chi connectivity index (χ4n) is 3.93. The summed E-state index contributed by atoms with van der Waals surface area (Å²) in [4.78, 5) is 22.5. The lowest BCUT2D eigenvalue weighted by atomic mass is 10.2. The molecule has 0 fully saturated rings. The molecular weight excluding hydrogens is 462 g/mol. The summed E-state index contributed by atoms with van der Waals surface area (Å²) in [6.45, 7) is 7.61. The maximum atomic E-state index is 13.7. The monoisotopic (exact) mass is 489 g/mol. The number of hydrogen-bond donors (Lipinski definition) is 0. The average Bonchev–Trinajstić information content (AvgIpc) is 3.52. The molecular formula is C27H27N3O4S. The van der Waals surface area contributed by atoms with Crippen molar-refractivity contribution in [3.05, 3.63) is 72.3 Å². The second kappa shape index (κ2) is 10.3. The Hall–Kier alpha value is -3.62. The molecule has 0 aliphatic carbocycles. The first-order valence-corrected chi connectivity index (χ1v) is 12.5. The number of benzene rings is 3.